The molecule has 0 aliphatic carbocycles. The summed E-state index contributed by atoms with van der Waals surface area (Å²) in [5, 5.41) is 8.51. The first kappa shape index (κ1) is 15.0. The molecule has 1 aromatic carbocycles. The van der Waals surface area contributed by atoms with Crippen LogP contribution in [0.15, 0.2) is 34.9 Å². The van der Waals surface area contributed by atoms with E-state index in [4.69, 9.17) is 9.26 Å². The van der Waals surface area contributed by atoms with Crippen LogP contribution in [-0.4, -0.2) is 19.9 Å². The van der Waals surface area contributed by atoms with Crippen LogP contribution in [0.5, 0.6) is 0 Å². The molecule has 0 N–H and O–H groups in total. The van der Waals surface area contributed by atoms with Gasteiger partial charge in [0.2, 0.25) is 0 Å². The van der Waals surface area contributed by atoms with Gasteiger partial charge in [-0.25, -0.2) is 4.39 Å². The maximum Gasteiger partial charge on any atom is 0.278 e. The fourth-order valence-corrected chi connectivity index (χ4v) is 2.79. The lowest BCUT2D eigenvalue weighted by Gasteiger charge is -2.24. The highest BCUT2D eigenvalue weighted by molar-refractivity contribution is 5.47. The molecule has 1 unspecified atom stereocenters. The summed E-state index contributed by atoms with van der Waals surface area (Å²) in [6.07, 6.45) is 1.60. The lowest BCUT2D eigenvalue weighted by atomic mass is 10.1. The molecule has 7 heteroatoms. The summed E-state index contributed by atoms with van der Waals surface area (Å²) in [5.41, 5.74) is 2.55. The number of aromatic nitrogens is 4. The molecule has 124 valence electrons. The fourth-order valence-electron chi connectivity index (χ4n) is 2.79. The number of benzene rings is 1. The van der Waals surface area contributed by atoms with Crippen LogP contribution in [0.4, 0.5) is 4.39 Å². The average molecular weight is 328 g/mol. The summed E-state index contributed by atoms with van der Waals surface area (Å²) >= 11 is 0. The molecule has 0 fully saturated rings. The van der Waals surface area contributed by atoms with Crippen LogP contribution >= 0.6 is 0 Å². The predicted octanol–water partition coefficient (Wildman–Crippen LogP) is 3.30. The number of hydrogen-bond acceptors (Lipinski definition) is 5. The number of fused-ring (bicyclic) bond motifs is 1. The molecule has 0 saturated heterocycles. The van der Waals surface area contributed by atoms with E-state index >= 15 is 0 Å². The van der Waals surface area contributed by atoms with Crippen LogP contribution in [0.2, 0.25) is 0 Å². The smallest absolute Gasteiger partial charge is 0.278 e. The van der Waals surface area contributed by atoms with E-state index in [1.807, 2.05) is 10.7 Å². The van der Waals surface area contributed by atoms with Gasteiger partial charge in [-0.1, -0.05) is 24.2 Å². The summed E-state index contributed by atoms with van der Waals surface area (Å²) in [4.78, 5) is 4.36. The van der Waals surface area contributed by atoms with Gasteiger partial charge < -0.3 is 9.26 Å². The largest absolute Gasteiger partial charge is 0.365 e. The summed E-state index contributed by atoms with van der Waals surface area (Å²) < 4.78 is 26.1. The molecular weight excluding hydrogens is 311 g/mol. The summed E-state index contributed by atoms with van der Waals surface area (Å²) in [5.74, 6) is 0.869. The summed E-state index contributed by atoms with van der Waals surface area (Å²) in [6.45, 7) is 3.07. The Morgan fingerprint density at radius 3 is 2.92 bits per heavy atom. The van der Waals surface area contributed by atoms with Gasteiger partial charge in [0, 0.05) is 6.42 Å². The molecule has 0 bridgehead atoms. The van der Waals surface area contributed by atoms with Gasteiger partial charge in [0.15, 0.2) is 11.5 Å². The van der Waals surface area contributed by atoms with E-state index in [-0.39, 0.29) is 11.9 Å². The molecule has 1 aliphatic rings. The third kappa shape index (κ3) is 2.82. The second-order valence-corrected chi connectivity index (χ2v) is 5.82. The minimum atomic E-state index is -0.254. The van der Waals surface area contributed by atoms with Crippen LogP contribution in [0, 0.1) is 5.82 Å². The normalized spacial score (nSPS) is 17.0. The Bertz CT molecular complexity index is 841. The molecular formula is C17H17FN4O2. The van der Waals surface area contributed by atoms with Crippen molar-refractivity contribution < 1.29 is 13.7 Å². The number of halogens is 1. The molecule has 0 amide bonds. The Hall–Kier alpha value is -2.54. The van der Waals surface area contributed by atoms with E-state index in [0.717, 1.165) is 24.1 Å². The lowest BCUT2D eigenvalue weighted by Crippen LogP contribution is -2.21. The van der Waals surface area contributed by atoms with E-state index < -0.39 is 0 Å². The Morgan fingerprint density at radius 1 is 1.29 bits per heavy atom. The zero-order valence-corrected chi connectivity index (χ0v) is 13.3. The van der Waals surface area contributed by atoms with Crippen molar-refractivity contribution in [2.75, 3.05) is 0 Å². The Balaban J connectivity index is 1.56. The molecule has 2 aromatic heterocycles. The first-order valence-electron chi connectivity index (χ1n) is 7.99. The molecule has 3 heterocycles. The second-order valence-electron chi connectivity index (χ2n) is 5.82. The topological polar surface area (TPSA) is 66.0 Å². The van der Waals surface area contributed by atoms with Gasteiger partial charge in [-0.2, -0.15) is 10.1 Å². The van der Waals surface area contributed by atoms with E-state index in [2.05, 4.69) is 22.2 Å². The minimum Gasteiger partial charge on any atom is -0.365 e. The Kier molecular flexibility index (Phi) is 3.86. The van der Waals surface area contributed by atoms with Crippen molar-refractivity contribution in [2.24, 2.45) is 0 Å². The van der Waals surface area contributed by atoms with Crippen LogP contribution < -0.4 is 0 Å². The van der Waals surface area contributed by atoms with E-state index in [0.29, 0.717) is 30.6 Å². The van der Waals surface area contributed by atoms with Gasteiger partial charge in [0.1, 0.15) is 11.9 Å². The highest BCUT2D eigenvalue weighted by Crippen LogP contribution is 2.28. The molecule has 4 rings (SSSR count). The quantitative estimate of drug-likeness (QED) is 0.735. The first-order chi connectivity index (χ1) is 11.7. The molecule has 0 saturated carbocycles. The highest BCUT2D eigenvalue weighted by atomic mass is 19.1. The van der Waals surface area contributed by atoms with Gasteiger partial charge in [0.05, 0.1) is 18.8 Å². The molecule has 1 aliphatic heterocycles. The van der Waals surface area contributed by atoms with Crippen molar-refractivity contribution in [3.8, 4) is 11.6 Å². The zero-order chi connectivity index (χ0) is 16.5. The predicted molar refractivity (Wildman–Crippen MR) is 83.4 cm³/mol. The number of ether oxygens (including phenoxy) is 1. The summed E-state index contributed by atoms with van der Waals surface area (Å²) in [7, 11) is 0. The molecule has 6 nitrogen and oxygen atoms in total. The number of rotatable bonds is 4. The Morgan fingerprint density at radius 2 is 2.12 bits per heavy atom. The average Bonchev–Trinajstić information content (AvgIpc) is 3.21. The van der Waals surface area contributed by atoms with Crippen molar-refractivity contribution in [1.29, 1.82) is 0 Å². The number of aryl methyl sites for hydroxylation is 1. The van der Waals surface area contributed by atoms with Crippen molar-refractivity contribution in [3.05, 3.63) is 53.2 Å². The third-order valence-corrected chi connectivity index (χ3v) is 4.04. The standard InChI is InChI=1S/C17H17FN4O2/c1-2-3-16-19-17(24-21-16)14-8-13-10-23-15(9-22(13)20-14)11-4-6-12(18)7-5-11/h4-8,15H,2-3,9-10H2,1H3. The Labute approximate surface area is 138 Å². The van der Waals surface area contributed by atoms with Gasteiger partial charge in [0.25, 0.3) is 5.89 Å². The number of hydrogen-bond donors (Lipinski definition) is 0. The van der Waals surface area contributed by atoms with E-state index in [1.54, 1.807) is 12.1 Å². The van der Waals surface area contributed by atoms with Crippen molar-refractivity contribution in [3.63, 3.8) is 0 Å². The van der Waals surface area contributed by atoms with Gasteiger partial charge in [-0.15, -0.1) is 0 Å². The van der Waals surface area contributed by atoms with Gasteiger partial charge in [-0.3, -0.25) is 4.68 Å². The van der Waals surface area contributed by atoms with Crippen molar-refractivity contribution in [2.45, 2.75) is 39.0 Å². The zero-order valence-electron chi connectivity index (χ0n) is 13.3. The monoisotopic (exact) mass is 328 g/mol. The van der Waals surface area contributed by atoms with E-state index in [9.17, 15) is 4.39 Å². The lowest BCUT2D eigenvalue weighted by molar-refractivity contribution is -0.00116. The summed E-state index contributed by atoms with van der Waals surface area (Å²) in [6, 6.07) is 8.27. The van der Waals surface area contributed by atoms with Crippen molar-refractivity contribution in [1.82, 2.24) is 19.9 Å². The molecule has 24 heavy (non-hydrogen) atoms. The molecule has 1 atom stereocenters. The van der Waals surface area contributed by atoms with Gasteiger partial charge in [-0.05, 0) is 30.2 Å². The van der Waals surface area contributed by atoms with Crippen LogP contribution in [0.3, 0.4) is 0 Å². The van der Waals surface area contributed by atoms with Crippen LogP contribution in [-0.2, 0) is 24.3 Å². The molecule has 3 aromatic rings. The second kappa shape index (κ2) is 6.16. The van der Waals surface area contributed by atoms with Crippen LogP contribution in [0.1, 0.15) is 36.5 Å². The molecule has 0 radical (unpaired) electrons. The van der Waals surface area contributed by atoms with Gasteiger partial charge >= 0.3 is 0 Å². The number of nitrogens with zero attached hydrogens (tertiary/aromatic N) is 4. The van der Waals surface area contributed by atoms with Crippen molar-refractivity contribution >= 4 is 0 Å². The highest BCUT2D eigenvalue weighted by Gasteiger charge is 2.24. The minimum absolute atomic E-state index is 0.149. The first-order valence-corrected chi connectivity index (χ1v) is 7.99. The van der Waals surface area contributed by atoms with E-state index in [1.165, 1.54) is 12.1 Å². The SMILES string of the molecule is CCCc1noc(-c2cc3n(n2)CC(c2ccc(F)cc2)OC3)n1. The third-order valence-electron chi connectivity index (χ3n) is 4.04. The maximum absolute atomic E-state index is 13.1. The molecule has 0 spiro atoms. The fraction of sp³-hybridized carbons (Fsp3) is 0.353. The van der Waals surface area contributed by atoms with Crippen LogP contribution in [0.25, 0.3) is 11.6 Å². The maximum atomic E-state index is 13.1.